The molecular weight excluding hydrogens is 308 g/mol. The van der Waals surface area contributed by atoms with Gasteiger partial charge in [0.15, 0.2) is 0 Å². The molecule has 0 aromatic carbocycles. The van der Waals surface area contributed by atoms with Crippen LogP contribution in [0.3, 0.4) is 0 Å². The Morgan fingerprint density at radius 1 is 0.792 bits per heavy atom. The highest BCUT2D eigenvalue weighted by Gasteiger charge is 2.24. The number of carboxylic acid groups (broad SMARTS) is 2. The first-order valence-corrected chi connectivity index (χ1v) is 8.74. The van der Waals surface area contributed by atoms with Gasteiger partial charge in [-0.25, -0.2) is 0 Å². The zero-order chi connectivity index (χ0) is 19.6. The second kappa shape index (κ2) is 11.4. The van der Waals surface area contributed by atoms with Gasteiger partial charge in [0.25, 0.3) is 0 Å². The quantitative estimate of drug-likeness (QED) is 0.481. The largest absolute Gasteiger partial charge is 0.480 e. The molecule has 0 saturated heterocycles. The van der Waals surface area contributed by atoms with E-state index in [0.717, 1.165) is 25.7 Å². The predicted octanol–water partition coefficient (Wildman–Crippen LogP) is 3.23. The Bertz CT molecular complexity index is 345. The van der Waals surface area contributed by atoms with Crippen LogP contribution in [0.4, 0.5) is 0 Å². The number of rotatable bonds is 10. The molecule has 24 heavy (non-hydrogen) atoms. The number of aliphatic carboxylic acids is 2. The zero-order valence-electron chi connectivity index (χ0n) is 16.3. The van der Waals surface area contributed by atoms with E-state index in [2.05, 4.69) is 41.5 Å². The van der Waals surface area contributed by atoms with E-state index in [4.69, 9.17) is 21.7 Å². The average Bonchev–Trinajstić information content (AvgIpc) is 2.37. The lowest BCUT2D eigenvalue weighted by atomic mass is 9.82. The molecule has 0 bridgehead atoms. The van der Waals surface area contributed by atoms with Gasteiger partial charge in [0, 0.05) is 0 Å². The van der Waals surface area contributed by atoms with Gasteiger partial charge in [-0.2, -0.15) is 0 Å². The summed E-state index contributed by atoms with van der Waals surface area (Å²) in [5, 5.41) is 17.2. The molecular formula is C18H38N2O4. The Morgan fingerprint density at radius 2 is 1.04 bits per heavy atom. The van der Waals surface area contributed by atoms with Crippen LogP contribution >= 0.6 is 0 Å². The van der Waals surface area contributed by atoms with Crippen LogP contribution < -0.4 is 11.5 Å². The van der Waals surface area contributed by atoms with E-state index in [-0.39, 0.29) is 10.8 Å². The van der Waals surface area contributed by atoms with Crippen molar-refractivity contribution in [1.29, 1.82) is 0 Å². The fourth-order valence-corrected chi connectivity index (χ4v) is 2.92. The van der Waals surface area contributed by atoms with Crippen LogP contribution in [-0.2, 0) is 9.59 Å². The summed E-state index contributed by atoms with van der Waals surface area (Å²) in [6, 6.07) is -1.43. The molecule has 0 aliphatic rings. The maximum Gasteiger partial charge on any atom is 0.320 e. The average molecular weight is 347 g/mol. The van der Waals surface area contributed by atoms with E-state index in [1.54, 1.807) is 0 Å². The highest BCUT2D eigenvalue weighted by molar-refractivity contribution is 5.73. The smallest absolute Gasteiger partial charge is 0.320 e. The van der Waals surface area contributed by atoms with Crippen molar-refractivity contribution >= 4 is 11.9 Å². The summed E-state index contributed by atoms with van der Waals surface area (Å²) in [5.74, 6) is -1.81. The molecule has 0 aliphatic carbocycles. The normalized spacial score (nSPS) is 14.3. The Labute approximate surface area is 147 Å². The molecule has 0 spiro atoms. The topological polar surface area (TPSA) is 127 Å². The minimum absolute atomic E-state index is 0.0482. The van der Waals surface area contributed by atoms with Gasteiger partial charge in [0.05, 0.1) is 0 Å². The SMILES string of the molecule is CCCC(C)(C)C[C@@H](N)C(=O)O.CCCC(C)(C)C[C@H](N)C(=O)O. The minimum atomic E-state index is -0.904. The summed E-state index contributed by atoms with van der Waals surface area (Å²) >= 11 is 0. The molecule has 6 nitrogen and oxygen atoms in total. The summed E-state index contributed by atoms with van der Waals surface area (Å²) in [6.45, 7) is 12.4. The van der Waals surface area contributed by atoms with Crippen LogP contribution in [0.15, 0.2) is 0 Å². The summed E-state index contributed by atoms with van der Waals surface area (Å²) in [6.07, 6.45) is 5.28. The first-order chi connectivity index (χ1) is 10.8. The molecule has 0 unspecified atom stereocenters. The van der Waals surface area contributed by atoms with Crippen molar-refractivity contribution in [1.82, 2.24) is 0 Å². The number of carboxylic acids is 2. The predicted molar refractivity (Wildman–Crippen MR) is 97.8 cm³/mol. The molecule has 0 heterocycles. The number of hydrogen-bond donors (Lipinski definition) is 4. The van der Waals surface area contributed by atoms with Gasteiger partial charge >= 0.3 is 11.9 Å². The van der Waals surface area contributed by atoms with Gasteiger partial charge in [-0.3, -0.25) is 9.59 Å². The second-order valence-electron chi connectivity index (χ2n) is 8.13. The summed E-state index contributed by atoms with van der Waals surface area (Å²) in [7, 11) is 0. The maximum absolute atomic E-state index is 10.5. The van der Waals surface area contributed by atoms with Crippen molar-refractivity contribution in [2.75, 3.05) is 0 Å². The van der Waals surface area contributed by atoms with Gasteiger partial charge in [-0.05, 0) is 36.5 Å². The number of carbonyl (C=O) groups is 2. The standard InChI is InChI=1S/2C9H19NO2/c2*1-4-5-9(2,3)6-7(10)8(11)12/h2*7H,4-6,10H2,1-3H3,(H,11,12)/t2*7-/m10/s1. The Balaban J connectivity index is 0. The molecule has 0 aromatic rings. The van der Waals surface area contributed by atoms with Crippen LogP contribution in [0.2, 0.25) is 0 Å². The molecule has 144 valence electrons. The molecule has 6 heteroatoms. The van der Waals surface area contributed by atoms with Gasteiger partial charge in [-0.1, -0.05) is 54.4 Å². The lowest BCUT2D eigenvalue weighted by Crippen LogP contribution is -2.35. The summed E-state index contributed by atoms with van der Waals surface area (Å²) in [5.41, 5.74) is 11.0. The Kier molecular flexibility index (Phi) is 11.9. The van der Waals surface area contributed by atoms with Crippen LogP contribution in [-0.4, -0.2) is 34.2 Å². The molecule has 0 aliphatic heterocycles. The Hall–Kier alpha value is -1.14. The van der Waals surface area contributed by atoms with Crippen LogP contribution in [0.1, 0.15) is 80.1 Å². The summed E-state index contributed by atoms with van der Waals surface area (Å²) in [4.78, 5) is 20.9. The molecule has 0 fully saturated rings. The van der Waals surface area contributed by atoms with Crippen molar-refractivity contribution in [2.24, 2.45) is 22.3 Å². The molecule has 2 atom stereocenters. The first kappa shape index (κ1) is 25.1. The Morgan fingerprint density at radius 3 is 1.21 bits per heavy atom. The van der Waals surface area contributed by atoms with Gasteiger partial charge < -0.3 is 21.7 Å². The van der Waals surface area contributed by atoms with Crippen LogP contribution in [0.5, 0.6) is 0 Å². The molecule has 0 aromatic heterocycles. The van der Waals surface area contributed by atoms with E-state index < -0.39 is 24.0 Å². The van der Waals surface area contributed by atoms with E-state index in [0.29, 0.717) is 12.8 Å². The van der Waals surface area contributed by atoms with Crippen LogP contribution in [0, 0.1) is 10.8 Å². The van der Waals surface area contributed by atoms with E-state index in [1.165, 1.54) is 0 Å². The molecule has 6 N–H and O–H groups in total. The van der Waals surface area contributed by atoms with Crippen molar-refractivity contribution in [3.63, 3.8) is 0 Å². The highest BCUT2D eigenvalue weighted by Crippen LogP contribution is 2.28. The monoisotopic (exact) mass is 346 g/mol. The third-order valence-electron chi connectivity index (χ3n) is 4.03. The van der Waals surface area contributed by atoms with E-state index in [9.17, 15) is 9.59 Å². The van der Waals surface area contributed by atoms with Gasteiger partial charge in [0.1, 0.15) is 12.1 Å². The van der Waals surface area contributed by atoms with Crippen molar-refractivity contribution in [2.45, 2.75) is 92.2 Å². The third-order valence-corrected chi connectivity index (χ3v) is 4.03. The third kappa shape index (κ3) is 13.3. The van der Waals surface area contributed by atoms with Crippen molar-refractivity contribution in [3.8, 4) is 0 Å². The number of hydrogen-bond acceptors (Lipinski definition) is 4. The fraction of sp³-hybridized carbons (Fsp3) is 0.889. The number of nitrogens with two attached hydrogens (primary N) is 2. The molecule has 0 radical (unpaired) electrons. The highest BCUT2D eigenvalue weighted by atomic mass is 16.4. The van der Waals surface area contributed by atoms with Crippen molar-refractivity contribution in [3.05, 3.63) is 0 Å². The molecule has 0 amide bonds. The lowest BCUT2D eigenvalue weighted by molar-refractivity contribution is -0.140. The molecule has 0 saturated carbocycles. The van der Waals surface area contributed by atoms with Crippen molar-refractivity contribution < 1.29 is 19.8 Å². The minimum Gasteiger partial charge on any atom is -0.480 e. The van der Waals surface area contributed by atoms with E-state index in [1.807, 2.05) is 0 Å². The lowest BCUT2D eigenvalue weighted by Gasteiger charge is -2.25. The van der Waals surface area contributed by atoms with Gasteiger partial charge in [-0.15, -0.1) is 0 Å². The molecule has 0 rings (SSSR count). The maximum atomic E-state index is 10.5. The van der Waals surface area contributed by atoms with Crippen LogP contribution in [0.25, 0.3) is 0 Å². The zero-order valence-corrected chi connectivity index (χ0v) is 16.3. The van der Waals surface area contributed by atoms with Gasteiger partial charge in [0.2, 0.25) is 0 Å². The fourth-order valence-electron chi connectivity index (χ4n) is 2.92. The second-order valence-corrected chi connectivity index (χ2v) is 8.13. The van der Waals surface area contributed by atoms with E-state index >= 15 is 0 Å². The first-order valence-electron chi connectivity index (χ1n) is 8.74. The summed E-state index contributed by atoms with van der Waals surface area (Å²) < 4.78 is 0.